The molecule has 2 heterocycles. The van der Waals surface area contributed by atoms with E-state index >= 15 is 0 Å². The lowest BCUT2D eigenvalue weighted by Gasteiger charge is -2.29. The number of nitrogens with one attached hydrogen (secondary N) is 1. The number of amides is 3. The van der Waals surface area contributed by atoms with Crippen molar-refractivity contribution < 1.29 is 24.0 Å². The van der Waals surface area contributed by atoms with E-state index in [1.165, 1.54) is 11.1 Å². The molecule has 172 valence electrons. The Hall–Kier alpha value is -3.94. The van der Waals surface area contributed by atoms with Crippen molar-refractivity contribution in [2.45, 2.75) is 44.1 Å². The smallest absolute Gasteiger partial charge is 0.251 e. The first-order valence-corrected chi connectivity index (χ1v) is 11.3. The summed E-state index contributed by atoms with van der Waals surface area (Å²) >= 11 is 0. The second kappa shape index (κ2) is 8.78. The molecule has 1 N–H and O–H groups in total. The van der Waals surface area contributed by atoms with Gasteiger partial charge in [0.1, 0.15) is 6.04 Å². The molecule has 1 atom stereocenters. The molecule has 0 radical (unpaired) electrons. The highest BCUT2D eigenvalue weighted by Crippen LogP contribution is 2.33. The number of imide groups is 1. The molecule has 0 bridgehead atoms. The molecule has 1 saturated carbocycles. The monoisotopic (exact) mass is 457 g/mol. The Morgan fingerprint density at radius 3 is 2.41 bits per heavy atom. The number of carbonyl (C=O) groups excluding carboxylic acids is 5. The summed E-state index contributed by atoms with van der Waals surface area (Å²) in [6, 6.07) is 8.82. The van der Waals surface area contributed by atoms with E-state index in [4.69, 9.17) is 0 Å². The van der Waals surface area contributed by atoms with Gasteiger partial charge in [0.2, 0.25) is 11.8 Å². The molecule has 34 heavy (non-hydrogen) atoms. The van der Waals surface area contributed by atoms with Crippen LogP contribution in [0.5, 0.6) is 0 Å². The molecule has 3 amide bonds. The highest BCUT2D eigenvalue weighted by Gasteiger charge is 2.41. The average Bonchev–Trinajstić information content (AvgIpc) is 3.16. The van der Waals surface area contributed by atoms with E-state index in [9.17, 15) is 24.0 Å². The van der Waals surface area contributed by atoms with Crippen molar-refractivity contribution in [1.82, 2.24) is 10.2 Å². The zero-order valence-electron chi connectivity index (χ0n) is 18.5. The second-order valence-electron chi connectivity index (χ2n) is 8.88. The molecule has 1 saturated heterocycles. The Kier molecular flexibility index (Phi) is 5.65. The third kappa shape index (κ3) is 3.96. The molecule has 1 aromatic carbocycles. The van der Waals surface area contributed by atoms with Crippen LogP contribution in [0.4, 0.5) is 0 Å². The number of Topliss-reactive ketones (excluding diaryl/α,β-unsaturated/α-hetero) is 2. The van der Waals surface area contributed by atoms with Crippen LogP contribution in [-0.2, 0) is 24.0 Å². The van der Waals surface area contributed by atoms with E-state index in [1.54, 1.807) is 12.2 Å². The van der Waals surface area contributed by atoms with Gasteiger partial charge in [-0.1, -0.05) is 36.4 Å². The van der Waals surface area contributed by atoms with Crippen molar-refractivity contribution in [2.24, 2.45) is 4.99 Å². The van der Waals surface area contributed by atoms with Gasteiger partial charge in [0.25, 0.3) is 5.91 Å². The number of hydrogen-bond acceptors (Lipinski definition) is 6. The van der Waals surface area contributed by atoms with E-state index in [0.29, 0.717) is 23.3 Å². The predicted octanol–water partition coefficient (Wildman–Crippen LogP) is 1.93. The lowest BCUT2D eigenvalue weighted by atomic mass is 9.80. The van der Waals surface area contributed by atoms with Crippen molar-refractivity contribution >= 4 is 35.0 Å². The van der Waals surface area contributed by atoms with Crippen molar-refractivity contribution in [3.8, 4) is 0 Å². The number of aliphatic imine (C=N–C) groups is 1. The van der Waals surface area contributed by atoms with E-state index in [-0.39, 0.29) is 67.1 Å². The Labute approximate surface area is 196 Å². The molecule has 0 aromatic heterocycles. The molecule has 5 rings (SSSR count). The fourth-order valence-corrected chi connectivity index (χ4v) is 4.96. The second-order valence-corrected chi connectivity index (χ2v) is 8.88. The number of rotatable bonds is 3. The average molecular weight is 457 g/mol. The Morgan fingerprint density at radius 1 is 0.971 bits per heavy atom. The van der Waals surface area contributed by atoms with Gasteiger partial charge in [0, 0.05) is 43.2 Å². The van der Waals surface area contributed by atoms with Crippen LogP contribution in [0.3, 0.4) is 0 Å². The predicted molar refractivity (Wildman–Crippen MR) is 123 cm³/mol. The maximum absolute atomic E-state index is 13.0. The van der Waals surface area contributed by atoms with E-state index < -0.39 is 11.9 Å². The van der Waals surface area contributed by atoms with Gasteiger partial charge in [-0.25, -0.2) is 0 Å². The van der Waals surface area contributed by atoms with Gasteiger partial charge < -0.3 is 4.90 Å². The number of ketones is 2. The van der Waals surface area contributed by atoms with Gasteiger partial charge in [-0.3, -0.25) is 34.3 Å². The first-order chi connectivity index (χ1) is 16.4. The summed E-state index contributed by atoms with van der Waals surface area (Å²) in [6.07, 6.45) is 6.28. The molecule has 8 nitrogen and oxygen atoms in total. The van der Waals surface area contributed by atoms with Crippen molar-refractivity contribution in [1.29, 1.82) is 0 Å². The first kappa shape index (κ1) is 21.9. The van der Waals surface area contributed by atoms with Crippen LogP contribution in [0.2, 0.25) is 0 Å². The van der Waals surface area contributed by atoms with Crippen LogP contribution >= 0.6 is 0 Å². The summed E-state index contributed by atoms with van der Waals surface area (Å²) in [5.41, 5.74) is 2.79. The third-order valence-electron chi connectivity index (χ3n) is 6.77. The highest BCUT2D eigenvalue weighted by atomic mass is 16.2. The number of benzene rings is 1. The molecular weight excluding hydrogens is 434 g/mol. The molecule has 2 fully saturated rings. The summed E-state index contributed by atoms with van der Waals surface area (Å²) in [5, 5.41) is 2.29. The van der Waals surface area contributed by atoms with Crippen LogP contribution in [0.1, 0.15) is 43.6 Å². The fraction of sp³-hybridized carbons (Fsp3) is 0.308. The fourth-order valence-electron chi connectivity index (χ4n) is 4.96. The van der Waals surface area contributed by atoms with Crippen LogP contribution in [0.15, 0.2) is 70.4 Å². The van der Waals surface area contributed by atoms with Gasteiger partial charge in [-0.05, 0) is 30.4 Å². The molecule has 2 aliphatic heterocycles. The zero-order chi connectivity index (χ0) is 23.8. The Morgan fingerprint density at radius 2 is 1.71 bits per heavy atom. The Balaban J connectivity index is 1.35. The van der Waals surface area contributed by atoms with Crippen molar-refractivity contribution in [3.05, 3.63) is 71.0 Å². The topological polar surface area (TPSA) is 113 Å². The number of piperidine rings is 1. The van der Waals surface area contributed by atoms with Crippen LogP contribution < -0.4 is 5.32 Å². The van der Waals surface area contributed by atoms with Crippen molar-refractivity contribution in [3.63, 3.8) is 0 Å². The molecule has 1 aromatic rings. The van der Waals surface area contributed by atoms with Crippen LogP contribution in [0, 0.1) is 0 Å². The molecule has 2 aliphatic carbocycles. The van der Waals surface area contributed by atoms with Gasteiger partial charge >= 0.3 is 0 Å². The maximum atomic E-state index is 13.0. The van der Waals surface area contributed by atoms with Gasteiger partial charge in [-0.15, -0.1) is 0 Å². The minimum absolute atomic E-state index is 0.0761. The minimum Gasteiger partial charge on any atom is -0.322 e. The lowest BCUT2D eigenvalue weighted by Crippen LogP contribution is -2.53. The summed E-state index contributed by atoms with van der Waals surface area (Å²) < 4.78 is 0. The number of allylic oxidation sites excluding steroid dienone is 3. The van der Waals surface area contributed by atoms with Crippen LogP contribution in [0.25, 0.3) is 0 Å². The van der Waals surface area contributed by atoms with Gasteiger partial charge in [0.05, 0.1) is 11.3 Å². The number of nitrogens with zero attached hydrogens (tertiary/aromatic N) is 2. The maximum Gasteiger partial charge on any atom is 0.251 e. The normalized spacial score (nSPS) is 26.4. The highest BCUT2D eigenvalue weighted by molar-refractivity contribution is 6.23. The summed E-state index contributed by atoms with van der Waals surface area (Å²) in [7, 11) is 0. The van der Waals surface area contributed by atoms with Crippen LogP contribution in [-0.4, -0.2) is 52.5 Å². The lowest BCUT2D eigenvalue weighted by molar-refractivity contribution is -0.142. The summed E-state index contributed by atoms with van der Waals surface area (Å²) in [5.74, 6) is -1.66. The number of hydrogen-bond donors (Lipinski definition) is 1. The summed E-state index contributed by atoms with van der Waals surface area (Å²) in [4.78, 5) is 68.1. The van der Waals surface area contributed by atoms with E-state index in [0.717, 1.165) is 5.56 Å². The van der Waals surface area contributed by atoms with Gasteiger partial charge in [-0.2, -0.15) is 0 Å². The van der Waals surface area contributed by atoms with Crippen molar-refractivity contribution in [2.75, 3.05) is 6.54 Å². The molecular formula is C26H23N3O5. The zero-order valence-corrected chi connectivity index (χ0v) is 18.5. The third-order valence-corrected chi connectivity index (χ3v) is 6.77. The SMILES string of the molecule is O=C1CCC(N2CC3=C(CC=CC3=NC=C3C(=O)CC(c4ccccc4)CC3=O)C2=O)C(=O)N1. The molecule has 0 spiro atoms. The largest absolute Gasteiger partial charge is 0.322 e. The van der Waals surface area contributed by atoms with Gasteiger partial charge in [0.15, 0.2) is 11.6 Å². The van der Waals surface area contributed by atoms with E-state index in [1.807, 2.05) is 30.3 Å². The summed E-state index contributed by atoms with van der Waals surface area (Å²) in [6.45, 7) is 0.199. The minimum atomic E-state index is -0.702. The standard InChI is InChI=1S/C26H23N3O5/c30-22-11-16(15-5-2-1-3-6-15)12-23(31)18(22)13-27-20-8-4-7-17-19(20)14-29(26(17)34)21-9-10-24(32)28-25(21)33/h1-6,8,13,16,21H,7,9-12,14H2,(H,28,32,33). The number of carbonyl (C=O) groups is 5. The quantitative estimate of drug-likeness (QED) is 0.423. The molecule has 1 unspecified atom stereocenters. The Bertz CT molecular complexity index is 1220. The molecule has 4 aliphatic rings. The first-order valence-electron chi connectivity index (χ1n) is 11.3. The van der Waals surface area contributed by atoms with E-state index in [2.05, 4.69) is 10.3 Å². The molecule has 8 heteroatoms.